The van der Waals surface area contributed by atoms with Crippen LogP contribution in [0.25, 0.3) is 0 Å². The van der Waals surface area contributed by atoms with E-state index in [-0.39, 0.29) is 12.5 Å². The number of benzene rings is 1. The first-order valence-corrected chi connectivity index (χ1v) is 7.78. The Morgan fingerprint density at radius 3 is 2.77 bits per heavy atom. The largest absolute Gasteiger partial charge is 0.460 e. The number of nitrogens with one attached hydrogen (secondary N) is 1. The third-order valence-electron chi connectivity index (χ3n) is 2.77. The van der Waals surface area contributed by atoms with Crippen molar-refractivity contribution in [3.05, 3.63) is 52.2 Å². The second-order valence-corrected chi connectivity index (χ2v) is 5.29. The molecule has 116 valence electrons. The van der Waals surface area contributed by atoms with Gasteiger partial charge in [0.25, 0.3) is 5.91 Å². The van der Waals surface area contributed by atoms with Crippen molar-refractivity contribution in [1.29, 1.82) is 0 Å². The lowest BCUT2D eigenvalue weighted by atomic mass is 10.2. The normalized spacial score (nSPS) is 10.2. The van der Waals surface area contributed by atoms with Gasteiger partial charge in [0.1, 0.15) is 6.61 Å². The van der Waals surface area contributed by atoms with Gasteiger partial charge in [-0.25, -0.2) is 4.79 Å². The van der Waals surface area contributed by atoms with Gasteiger partial charge in [-0.3, -0.25) is 4.79 Å². The molecule has 1 heterocycles. The number of amides is 1. The van der Waals surface area contributed by atoms with Crippen molar-refractivity contribution in [2.45, 2.75) is 6.92 Å². The maximum Gasteiger partial charge on any atom is 0.338 e. The Labute approximate surface area is 132 Å². The summed E-state index contributed by atoms with van der Waals surface area (Å²) in [4.78, 5) is 24.5. The van der Waals surface area contributed by atoms with E-state index in [1.807, 2.05) is 18.4 Å². The third kappa shape index (κ3) is 4.68. The third-order valence-corrected chi connectivity index (χ3v) is 3.63. The molecule has 0 aliphatic rings. The highest BCUT2D eigenvalue weighted by molar-refractivity contribution is 7.12. The van der Waals surface area contributed by atoms with Gasteiger partial charge in [0, 0.05) is 12.3 Å². The molecule has 22 heavy (non-hydrogen) atoms. The number of ether oxygens (including phenoxy) is 2. The predicted molar refractivity (Wildman–Crippen MR) is 85.5 cm³/mol. The molecule has 0 saturated heterocycles. The van der Waals surface area contributed by atoms with Crippen LogP contribution in [-0.4, -0.2) is 31.7 Å². The molecule has 2 aromatic rings. The molecular formula is C16H17NO4S. The van der Waals surface area contributed by atoms with Crippen molar-refractivity contribution in [3.8, 4) is 0 Å². The number of hydrogen-bond acceptors (Lipinski definition) is 5. The average Bonchev–Trinajstić information content (AvgIpc) is 3.06. The lowest BCUT2D eigenvalue weighted by molar-refractivity contribution is 0.0335. The molecule has 5 nitrogen and oxygen atoms in total. The molecule has 0 unspecified atom stereocenters. The monoisotopic (exact) mass is 319 g/mol. The molecule has 2 rings (SSSR count). The van der Waals surface area contributed by atoms with Crippen LogP contribution in [0, 0.1) is 0 Å². The van der Waals surface area contributed by atoms with E-state index >= 15 is 0 Å². The van der Waals surface area contributed by atoms with Crippen molar-refractivity contribution in [2.75, 3.05) is 25.1 Å². The minimum absolute atomic E-state index is 0.197. The summed E-state index contributed by atoms with van der Waals surface area (Å²) in [6.07, 6.45) is 0. The molecule has 1 N–H and O–H groups in total. The van der Waals surface area contributed by atoms with Crippen molar-refractivity contribution in [3.63, 3.8) is 0 Å². The number of carbonyl (C=O) groups is 2. The average molecular weight is 319 g/mol. The Morgan fingerprint density at radius 2 is 2.05 bits per heavy atom. The van der Waals surface area contributed by atoms with Gasteiger partial charge >= 0.3 is 5.97 Å². The van der Waals surface area contributed by atoms with Crippen LogP contribution in [0.1, 0.15) is 27.0 Å². The van der Waals surface area contributed by atoms with Gasteiger partial charge in [-0.15, -0.1) is 11.3 Å². The number of esters is 1. The molecule has 0 saturated carbocycles. The van der Waals surface area contributed by atoms with Crippen molar-refractivity contribution in [1.82, 2.24) is 0 Å². The molecule has 0 bridgehead atoms. The zero-order valence-electron chi connectivity index (χ0n) is 12.2. The second-order valence-electron chi connectivity index (χ2n) is 4.35. The van der Waals surface area contributed by atoms with Crippen molar-refractivity contribution >= 4 is 28.9 Å². The second kappa shape index (κ2) is 8.31. The maximum atomic E-state index is 12.0. The van der Waals surface area contributed by atoms with E-state index in [4.69, 9.17) is 9.47 Å². The molecule has 1 amide bonds. The standard InChI is InChI=1S/C16H17NO4S/c1-2-20-8-9-21-16(19)12-5-3-6-13(11-12)17-15(18)14-7-4-10-22-14/h3-7,10-11H,2,8-9H2,1H3,(H,17,18). The molecule has 0 spiro atoms. The Hall–Kier alpha value is -2.18. The Balaban J connectivity index is 1.94. The van der Waals surface area contributed by atoms with E-state index in [0.29, 0.717) is 29.3 Å². The van der Waals surface area contributed by atoms with E-state index in [1.165, 1.54) is 11.3 Å². The molecule has 0 aliphatic carbocycles. The molecule has 0 fully saturated rings. The van der Waals surface area contributed by atoms with E-state index < -0.39 is 5.97 Å². The smallest absolute Gasteiger partial charge is 0.338 e. The number of carbonyl (C=O) groups excluding carboxylic acids is 2. The quantitative estimate of drug-likeness (QED) is 0.629. The molecule has 0 radical (unpaired) electrons. The summed E-state index contributed by atoms with van der Waals surface area (Å²) < 4.78 is 10.2. The van der Waals surface area contributed by atoms with Crippen molar-refractivity contribution in [2.24, 2.45) is 0 Å². The Bertz CT molecular complexity index is 625. The van der Waals surface area contributed by atoms with Gasteiger partial charge in [-0.05, 0) is 36.6 Å². The summed E-state index contributed by atoms with van der Waals surface area (Å²) in [5.41, 5.74) is 0.943. The minimum atomic E-state index is -0.438. The van der Waals surface area contributed by atoms with Crippen LogP contribution >= 0.6 is 11.3 Å². The Morgan fingerprint density at radius 1 is 1.18 bits per heavy atom. The first-order chi connectivity index (χ1) is 10.7. The first kappa shape index (κ1) is 16.2. The van der Waals surface area contributed by atoms with Gasteiger partial charge < -0.3 is 14.8 Å². The van der Waals surface area contributed by atoms with Crippen LogP contribution < -0.4 is 5.32 Å². The maximum absolute atomic E-state index is 12.0. The summed E-state index contributed by atoms with van der Waals surface area (Å²) in [7, 11) is 0. The number of thiophene rings is 1. The molecule has 1 aromatic heterocycles. The molecular weight excluding hydrogens is 302 g/mol. The van der Waals surface area contributed by atoms with Crippen LogP contribution in [0.2, 0.25) is 0 Å². The van der Waals surface area contributed by atoms with Crippen molar-refractivity contribution < 1.29 is 19.1 Å². The van der Waals surface area contributed by atoms with Crippen LogP contribution in [0.15, 0.2) is 41.8 Å². The summed E-state index contributed by atoms with van der Waals surface area (Å²) in [5, 5.41) is 4.59. The summed E-state index contributed by atoms with van der Waals surface area (Å²) in [6.45, 7) is 3.04. The first-order valence-electron chi connectivity index (χ1n) is 6.90. The summed E-state index contributed by atoms with van der Waals surface area (Å²) in [5.74, 6) is -0.635. The summed E-state index contributed by atoms with van der Waals surface area (Å²) in [6, 6.07) is 10.2. The van der Waals surface area contributed by atoms with E-state index in [9.17, 15) is 9.59 Å². The van der Waals surface area contributed by atoms with Gasteiger partial charge in [0.05, 0.1) is 17.0 Å². The molecule has 6 heteroatoms. The van der Waals surface area contributed by atoms with Crippen LogP contribution in [0.5, 0.6) is 0 Å². The van der Waals surface area contributed by atoms with Crippen LogP contribution in [0.3, 0.4) is 0 Å². The minimum Gasteiger partial charge on any atom is -0.460 e. The highest BCUT2D eigenvalue weighted by Crippen LogP contribution is 2.15. The lowest BCUT2D eigenvalue weighted by Gasteiger charge is -2.07. The van der Waals surface area contributed by atoms with Gasteiger partial charge in [-0.2, -0.15) is 0 Å². The van der Waals surface area contributed by atoms with E-state index in [0.717, 1.165) is 0 Å². The zero-order valence-corrected chi connectivity index (χ0v) is 13.0. The van der Waals surface area contributed by atoms with Crippen LogP contribution in [-0.2, 0) is 9.47 Å². The molecule has 1 aromatic carbocycles. The predicted octanol–water partition coefficient (Wildman–Crippen LogP) is 3.19. The fourth-order valence-electron chi connectivity index (χ4n) is 1.75. The van der Waals surface area contributed by atoms with Crippen LogP contribution in [0.4, 0.5) is 5.69 Å². The van der Waals surface area contributed by atoms with Gasteiger partial charge in [-0.1, -0.05) is 12.1 Å². The van der Waals surface area contributed by atoms with Gasteiger partial charge in [0.2, 0.25) is 0 Å². The fraction of sp³-hybridized carbons (Fsp3) is 0.250. The SMILES string of the molecule is CCOCCOC(=O)c1cccc(NC(=O)c2cccs2)c1. The van der Waals surface area contributed by atoms with E-state index in [2.05, 4.69) is 5.32 Å². The zero-order chi connectivity index (χ0) is 15.8. The number of anilines is 1. The highest BCUT2D eigenvalue weighted by atomic mass is 32.1. The van der Waals surface area contributed by atoms with E-state index in [1.54, 1.807) is 30.3 Å². The lowest BCUT2D eigenvalue weighted by Crippen LogP contribution is -2.13. The number of hydrogen-bond donors (Lipinski definition) is 1. The molecule has 0 aliphatic heterocycles. The fourth-order valence-corrected chi connectivity index (χ4v) is 2.36. The molecule has 0 atom stereocenters. The highest BCUT2D eigenvalue weighted by Gasteiger charge is 2.10. The van der Waals surface area contributed by atoms with Gasteiger partial charge in [0.15, 0.2) is 0 Å². The Kier molecular flexibility index (Phi) is 6.12. The number of rotatable bonds is 7. The topological polar surface area (TPSA) is 64.6 Å². The summed E-state index contributed by atoms with van der Waals surface area (Å²) >= 11 is 1.36.